The van der Waals surface area contributed by atoms with E-state index in [1.54, 1.807) is 6.08 Å². The fraction of sp³-hybridized carbons (Fsp3) is 0.762. The highest BCUT2D eigenvalue weighted by atomic mass is 28.4. The number of hydrogen-bond donors (Lipinski definition) is 1. The Bertz CT molecular complexity index is 615. The van der Waals surface area contributed by atoms with Gasteiger partial charge in [-0.05, 0) is 62.2 Å². The molecule has 25 heavy (non-hydrogen) atoms. The molecule has 0 bridgehead atoms. The maximum absolute atomic E-state index is 12.1. The third-order valence-electron chi connectivity index (χ3n) is 7.53. The van der Waals surface area contributed by atoms with Gasteiger partial charge in [0.05, 0.1) is 11.7 Å². The number of carbonyl (C=O) groups excluding carboxylic acids is 1. The van der Waals surface area contributed by atoms with E-state index in [2.05, 4.69) is 40.4 Å². The van der Waals surface area contributed by atoms with Gasteiger partial charge in [-0.1, -0.05) is 32.4 Å². The second-order valence-corrected chi connectivity index (χ2v) is 14.6. The third-order valence-corrected chi connectivity index (χ3v) is 12.0. The molecule has 140 valence electrons. The summed E-state index contributed by atoms with van der Waals surface area (Å²) in [7, 11) is -1.98. The van der Waals surface area contributed by atoms with Gasteiger partial charge in [-0.2, -0.15) is 0 Å². The van der Waals surface area contributed by atoms with E-state index in [0.717, 1.165) is 31.3 Å². The molecule has 3 aliphatic carbocycles. The van der Waals surface area contributed by atoms with Crippen molar-refractivity contribution in [2.45, 2.75) is 89.1 Å². The summed E-state index contributed by atoms with van der Waals surface area (Å²) in [5, 5.41) is 11.7. The fourth-order valence-electron chi connectivity index (χ4n) is 5.09. The highest BCUT2D eigenvalue weighted by Gasteiger charge is 2.63. The molecule has 1 spiro atoms. The second-order valence-electron chi connectivity index (χ2n) is 9.86. The van der Waals surface area contributed by atoms with Crippen LogP contribution in [-0.2, 0) is 9.22 Å². The summed E-state index contributed by atoms with van der Waals surface area (Å²) in [6.45, 7) is 15.3. The van der Waals surface area contributed by atoms with Crippen LogP contribution in [0.25, 0.3) is 0 Å². The van der Waals surface area contributed by atoms with E-state index in [1.165, 1.54) is 0 Å². The average molecular weight is 363 g/mol. The number of ketones is 1. The van der Waals surface area contributed by atoms with Gasteiger partial charge in [0.25, 0.3) is 0 Å². The van der Waals surface area contributed by atoms with Crippen molar-refractivity contribution in [3.63, 3.8) is 0 Å². The molecular weight excluding hydrogens is 328 g/mol. The molecule has 0 heterocycles. The number of rotatable bonds is 3. The van der Waals surface area contributed by atoms with E-state index < -0.39 is 19.3 Å². The summed E-state index contributed by atoms with van der Waals surface area (Å²) < 4.78 is 6.90. The Balaban J connectivity index is 2.07. The van der Waals surface area contributed by atoms with Crippen LogP contribution < -0.4 is 0 Å². The fourth-order valence-corrected chi connectivity index (χ4v) is 6.48. The smallest absolute Gasteiger partial charge is 0.192 e. The average Bonchev–Trinajstić information content (AvgIpc) is 3.01. The van der Waals surface area contributed by atoms with E-state index in [9.17, 15) is 9.90 Å². The third kappa shape index (κ3) is 2.72. The van der Waals surface area contributed by atoms with Crippen LogP contribution in [0.1, 0.15) is 59.3 Å². The van der Waals surface area contributed by atoms with Gasteiger partial charge in [-0.3, -0.25) is 4.79 Å². The van der Waals surface area contributed by atoms with Gasteiger partial charge in [0.2, 0.25) is 0 Å². The van der Waals surface area contributed by atoms with Crippen molar-refractivity contribution >= 4 is 14.1 Å². The Hall–Kier alpha value is -0.713. The van der Waals surface area contributed by atoms with Gasteiger partial charge in [0, 0.05) is 11.8 Å². The molecule has 4 atom stereocenters. The zero-order valence-corrected chi connectivity index (χ0v) is 17.5. The van der Waals surface area contributed by atoms with Crippen LogP contribution in [0.5, 0.6) is 0 Å². The molecule has 0 aromatic carbocycles. The molecule has 3 aliphatic rings. The van der Waals surface area contributed by atoms with Crippen LogP contribution in [0.2, 0.25) is 18.1 Å². The molecule has 0 amide bonds. The van der Waals surface area contributed by atoms with E-state index in [1.807, 2.05) is 6.08 Å². The molecule has 3 rings (SSSR count). The highest BCUT2D eigenvalue weighted by Crippen LogP contribution is 2.63. The molecular formula is C21H34O3Si. The lowest BCUT2D eigenvalue weighted by Gasteiger charge is -2.55. The lowest BCUT2D eigenvalue weighted by Crippen LogP contribution is -2.60. The van der Waals surface area contributed by atoms with E-state index >= 15 is 0 Å². The maximum Gasteiger partial charge on any atom is 0.192 e. The van der Waals surface area contributed by atoms with Crippen LogP contribution in [0.15, 0.2) is 24.3 Å². The van der Waals surface area contributed by atoms with E-state index in [-0.39, 0.29) is 16.9 Å². The summed E-state index contributed by atoms with van der Waals surface area (Å²) in [6, 6.07) is 0. The topological polar surface area (TPSA) is 46.5 Å². The standard InChI is InChI=1S/C21H34O3Si/c1-7-20(23)11-8-9-18(24-25(5,6)19(2,3)4)21(20)12-10-15-13-16(22)14-17(15)21/h7,14-15,18,23H,1,8-13H2,2-6H3/t15-,18-,20+,21-/m0/s1. The minimum Gasteiger partial charge on any atom is -0.413 e. The Kier molecular flexibility index (Phi) is 4.50. The molecule has 0 aliphatic heterocycles. The molecule has 4 heteroatoms. The lowest BCUT2D eigenvalue weighted by molar-refractivity contribution is -0.117. The van der Waals surface area contributed by atoms with Gasteiger partial charge >= 0.3 is 0 Å². The van der Waals surface area contributed by atoms with Gasteiger partial charge in [0.1, 0.15) is 0 Å². The summed E-state index contributed by atoms with van der Waals surface area (Å²) in [5.41, 5.74) is -0.272. The molecule has 2 fully saturated rings. The monoisotopic (exact) mass is 362 g/mol. The van der Waals surface area contributed by atoms with E-state index in [4.69, 9.17) is 4.43 Å². The molecule has 0 saturated heterocycles. The number of hydrogen-bond acceptors (Lipinski definition) is 3. The van der Waals surface area contributed by atoms with Crippen molar-refractivity contribution in [3.05, 3.63) is 24.3 Å². The van der Waals surface area contributed by atoms with Crippen LogP contribution in [-0.4, -0.2) is 30.9 Å². The molecule has 1 N–H and O–H groups in total. The summed E-state index contributed by atoms with van der Waals surface area (Å²) >= 11 is 0. The number of fused-ring (bicyclic) bond motifs is 2. The first-order chi connectivity index (χ1) is 11.5. The summed E-state index contributed by atoms with van der Waals surface area (Å²) in [6.07, 6.45) is 8.65. The van der Waals surface area contributed by atoms with Gasteiger partial charge < -0.3 is 9.53 Å². The zero-order chi connectivity index (χ0) is 18.7. The molecule has 0 unspecified atom stereocenters. The lowest BCUT2D eigenvalue weighted by atomic mass is 9.58. The largest absolute Gasteiger partial charge is 0.413 e. The molecule has 0 radical (unpaired) electrons. The number of allylic oxidation sites excluding steroid dienone is 1. The Labute approximate surface area is 153 Å². The van der Waals surface area contributed by atoms with Gasteiger partial charge in [0.15, 0.2) is 14.1 Å². The predicted molar refractivity (Wildman–Crippen MR) is 104 cm³/mol. The van der Waals surface area contributed by atoms with Crippen LogP contribution in [0, 0.1) is 11.3 Å². The van der Waals surface area contributed by atoms with Crippen molar-refractivity contribution in [2.24, 2.45) is 11.3 Å². The first-order valence-electron chi connectivity index (χ1n) is 9.75. The Morgan fingerprint density at radius 3 is 2.60 bits per heavy atom. The highest BCUT2D eigenvalue weighted by molar-refractivity contribution is 6.74. The first-order valence-corrected chi connectivity index (χ1v) is 12.7. The zero-order valence-electron chi connectivity index (χ0n) is 16.5. The normalized spacial score (nSPS) is 38.8. The van der Waals surface area contributed by atoms with Crippen molar-refractivity contribution in [1.82, 2.24) is 0 Å². The van der Waals surface area contributed by atoms with Gasteiger partial charge in [-0.15, -0.1) is 6.58 Å². The van der Waals surface area contributed by atoms with E-state index in [0.29, 0.717) is 18.8 Å². The minimum absolute atomic E-state index is 0.0210. The minimum atomic E-state index is -1.98. The SMILES string of the molecule is C=C[C@@]1(O)CCC[C@H](O[Si](C)(C)C(C)(C)C)[C@@]12CC[C@H]1CC(=O)C=C12. The quantitative estimate of drug-likeness (QED) is 0.581. The molecule has 2 saturated carbocycles. The van der Waals surface area contributed by atoms with Crippen molar-refractivity contribution in [1.29, 1.82) is 0 Å². The van der Waals surface area contributed by atoms with Crippen LogP contribution in [0.3, 0.4) is 0 Å². The van der Waals surface area contributed by atoms with Crippen molar-refractivity contribution in [2.75, 3.05) is 0 Å². The van der Waals surface area contributed by atoms with Crippen molar-refractivity contribution in [3.8, 4) is 0 Å². The summed E-state index contributed by atoms with van der Waals surface area (Å²) in [4.78, 5) is 12.1. The number of carbonyl (C=O) groups is 1. The molecule has 0 aromatic heterocycles. The van der Waals surface area contributed by atoms with Gasteiger partial charge in [-0.25, -0.2) is 0 Å². The Morgan fingerprint density at radius 1 is 1.32 bits per heavy atom. The van der Waals surface area contributed by atoms with Crippen LogP contribution >= 0.6 is 0 Å². The maximum atomic E-state index is 12.1. The molecule has 0 aromatic rings. The predicted octanol–water partition coefficient (Wildman–Crippen LogP) is 4.77. The molecule has 3 nitrogen and oxygen atoms in total. The van der Waals surface area contributed by atoms with Crippen molar-refractivity contribution < 1.29 is 14.3 Å². The van der Waals surface area contributed by atoms with Crippen LogP contribution in [0.4, 0.5) is 0 Å². The summed E-state index contributed by atoms with van der Waals surface area (Å²) in [5.74, 6) is 0.504. The first kappa shape index (κ1) is 19.1. The second kappa shape index (κ2) is 5.90. The number of aliphatic hydroxyl groups is 1. The Morgan fingerprint density at radius 2 is 2.00 bits per heavy atom.